The molecular weight excluding hydrogens is 264 g/mol. The summed E-state index contributed by atoms with van der Waals surface area (Å²) < 4.78 is 24.1. The summed E-state index contributed by atoms with van der Waals surface area (Å²) >= 11 is 5.65. The molecule has 0 aromatic carbocycles. The maximum absolute atomic E-state index is 11.3. The number of aromatic nitrogens is 2. The smallest absolute Gasteiger partial charge is 0.211 e. The minimum atomic E-state index is -3.09. The van der Waals surface area contributed by atoms with Gasteiger partial charge in [0.15, 0.2) is 11.0 Å². The first-order valence-corrected chi connectivity index (χ1v) is 7.39. The van der Waals surface area contributed by atoms with Gasteiger partial charge < -0.3 is 4.90 Å². The molecule has 1 aromatic rings. The summed E-state index contributed by atoms with van der Waals surface area (Å²) in [4.78, 5) is 1.99. The number of hydrogen-bond acceptors (Lipinski definition) is 5. The third-order valence-electron chi connectivity index (χ3n) is 2.65. The average molecular weight is 277 g/mol. The lowest BCUT2D eigenvalue weighted by molar-refractivity contribution is 0.386. The quantitative estimate of drug-likeness (QED) is 0.773. The van der Waals surface area contributed by atoms with Gasteiger partial charge in [-0.1, -0.05) is 11.6 Å². The van der Waals surface area contributed by atoms with Gasteiger partial charge in [-0.15, -0.1) is 10.2 Å². The molecule has 0 amide bonds. The molecule has 2 heterocycles. The summed E-state index contributed by atoms with van der Waals surface area (Å²) in [5.74, 6) is 0.725. The lowest BCUT2D eigenvalue weighted by Crippen LogP contribution is -2.48. The highest BCUT2D eigenvalue weighted by atomic mass is 35.5. The number of hydrogen-bond donors (Lipinski definition) is 0. The van der Waals surface area contributed by atoms with Gasteiger partial charge in [-0.3, -0.25) is 0 Å². The lowest BCUT2D eigenvalue weighted by atomic mass is 10.3. The van der Waals surface area contributed by atoms with E-state index in [1.54, 1.807) is 12.1 Å². The predicted molar refractivity (Wildman–Crippen MR) is 65.7 cm³/mol. The first-order valence-electron chi connectivity index (χ1n) is 5.16. The molecule has 2 rings (SSSR count). The van der Waals surface area contributed by atoms with Gasteiger partial charge >= 0.3 is 0 Å². The van der Waals surface area contributed by atoms with Crippen LogP contribution < -0.4 is 4.90 Å². The molecule has 0 atom stereocenters. The molecule has 1 aliphatic heterocycles. The van der Waals surface area contributed by atoms with E-state index in [0.717, 1.165) is 5.82 Å². The molecule has 1 aliphatic rings. The van der Waals surface area contributed by atoms with Gasteiger partial charge in [0.25, 0.3) is 0 Å². The summed E-state index contributed by atoms with van der Waals surface area (Å²) in [6.45, 7) is 2.18. The number of nitrogens with zero attached hydrogens (tertiary/aromatic N) is 4. The van der Waals surface area contributed by atoms with E-state index in [-0.39, 0.29) is 0 Å². The topological polar surface area (TPSA) is 66.4 Å². The third-order valence-corrected chi connectivity index (χ3v) is 4.15. The molecule has 6 nitrogen and oxygen atoms in total. The first-order chi connectivity index (χ1) is 7.97. The minimum absolute atomic E-state index is 0.350. The lowest BCUT2D eigenvalue weighted by Gasteiger charge is -2.33. The van der Waals surface area contributed by atoms with Crippen molar-refractivity contribution in [1.82, 2.24) is 14.5 Å². The molecule has 1 fully saturated rings. The fraction of sp³-hybridized carbons (Fsp3) is 0.556. The van der Waals surface area contributed by atoms with Crippen LogP contribution in [-0.2, 0) is 10.0 Å². The fourth-order valence-corrected chi connectivity index (χ4v) is 2.65. The van der Waals surface area contributed by atoms with Crippen molar-refractivity contribution < 1.29 is 8.42 Å². The van der Waals surface area contributed by atoms with Crippen molar-refractivity contribution >= 4 is 27.4 Å². The maximum Gasteiger partial charge on any atom is 0.211 e. The SMILES string of the molecule is CS(=O)(=O)N1CCN(c2ccc(Cl)nn2)CC1. The summed E-state index contributed by atoms with van der Waals surface area (Å²) in [6, 6.07) is 3.46. The van der Waals surface area contributed by atoms with E-state index in [9.17, 15) is 8.42 Å². The van der Waals surface area contributed by atoms with Crippen LogP contribution in [0.3, 0.4) is 0 Å². The van der Waals surface area contributed by atoms with Crippen LogP contribution in [0.25, 0.3) is 0 Å². The van der Waals surface area contributed by atoms with Crippen LogP contribution >= 0.6 is 11.6 Å². The van der Waals surface area contributed by atoms with Crippen molar-refractivity contribution in [3.8, 4) is 0 Å². The van der Waals surface area contributed by atoms with Crippen molar-refractivity contribution in [2.75, 3.05) is 37.3 Å². The van der Waals surface area contributed by atoms with Crippen LogP contribution in [0.1, 0.15) is 0 Å². The second-order valence-electron chi connectivity index (χ2n) is 3.86. The van der Waals surface area contributed by atoms with Crippen molar-refractivity contribution in [2.45, 2.75) is 0 Å². The molecule has 0 aliphatic carbocycles. The molecule has 0 radical (unpaired) electrons. The molecular formula is C9H13ClN4O2S. The van der Waals surface area contributed by atoms with E-state index in [2.05, 4.69) is 10.2 Å². The fourth-order valence-electron chi connectivity index (χ4n) is 1.73. The summed E-state index contributed by atoms with van der Waals surface area (Å²) in [7, 11) is -3.09. The minimum Gasteiger partial charge on any atom is -0.352 e. The van der Waals surface area contributed by atoms with Gasteiger partial charge in [-0.05, 0) is 12.1 Å². The highest BCUT2D eigenvalue weighted by Gasteiger charge is 2.23. The van der Waals surface area contributed by atoms with Crippen LogP contribution in [0.2, 0.25) is 5.15 Å². The maximum atomic E-state index is 11.3. The molecule has 1 aromatic heterocycles. The zero-order chi connectivity index (χ0) is 12.5. The largest absolute Gasteiger partial charge is 0.352 e. The van der Waals surface area contributed by atoms with E-state index in [4.69, 9.17) is 11.6 Å². The molecule has 0 unspecified atom stereocenters. The number of halogens is 1. The highest BCUT2D eigenvalue weighted by molar-refractivity contribution is 7.88. The van der Waals surface area contributed by atoms with Gasteiger partial charge in [0, 0.05) is 26.2 Å². The Kier molecular flexibility index (Phi) is 3.50. The van der Waals surface area contributed by atoms with Gasteiger partial charge in [0.05, 0.1) is 6.26 Å². The van der Waals surface area contributed by atoms with E-state index in [0.29, 0.717) is 31.3 Å². The van der Waals surface area contributed by atoms with Crippen molar-refractivity contribution in [3.63, 3.8) is 0 Å². The molecule has 0 bridgehead atoms. The summed E-state index contributed by atoms with van der Waals surface area (Å²) in [5, 5.41) is 8.08. The van der Waals surface area contributed by atoms with Gasteiger partial charge in [0.1, 0.15) is 0 Å². The summed E-state index contributed by atoms with van der Waals surface area (Å²) in [6.07, 6.45) is 1.23. The van der Waals surface area contributed by atoms with Crippen molar-refractivity contribution in [2.24, 2.45) is 0 Å². The number of anilines is 1. The Balaban J connectivity index is 2.02. The Hall–Kier alpha value is -0.920. The molecule has 8 heteroatoms. The van der Waals surface area contributed by atoms with E-state index < -0.39 is 10.0 Å². The van der Waals surface area contributed by atoms with Crippen LogP contribution in [0.5, 0.6) is 0 Å². The molecule has 94 valence electrons. The standard InChI is InChI=1S/C9H13ClN4O2S/c1-17(15,16)14-6-4-13(5-7-14)9-3-2-8(10)11-12-9/h2-3H,4-7H2,1H3. The Morgan fingerprint density at radius 3 is 2.29 bits per heavy atom. The number of piperazine rings is 1. The molecule has 0 saturated carbocycles. The Labute approximate surface area is 105 Å². The second kappa shape index (κ2) is 4.75. The molecule has 17 heavy (non-hydrogen) atoms. The summed E-state index contributed by atoms with van der Waals surface area (Å²) in [5.41, 5.74) is 0. The van der Waals surface area contributed by atoms with Crippen molar-refractivity contribution in [1.29, 1.82) is 0 Å². The Bertz CT molecular complexity index is 482. The number of sulfonamides is 1. The van der Waals surface area contributed by atoms with Gasteiger partial charge in [-0.2, -0.15) is 4.31 Å². The first kappa shape index (κ1) is 12.5. The number of rotatable bonds is 2. The van der Waals surface area contributed by atoms with E-state index in [1.165, 1.54) is 10.6 Å². The zero-order valence-corrected chi connectivity index (χ0v) is 10.9. The monoisotopic (exact) mass is 276 g/mol. The zero-order valence-electron chi connectivity index (χ0n) is 9.37. The molecule has 0 spiro atoms. The average Bonchev–Trinajstić information content (AvgIpc) is 2.29. The molecule has 0 N–H and O–H groups in total. The van der Waals surface area contributed by atoms with Gasteiger partial charge in [-0.25, -0.2) is 8.42 Å². The van der Waals surface area contributed by atoms with Gasteiger partial charge in [0.2, 0.25) is 10.0 Å². The second-order valence-corrected chi connectivity index (χ2v) is 6.23. The molecule has 1 saturated heterocycles. The van der Waals surface area contributed by atoms with Crippen molar-refractivity contribution in [3.05, 3.63) is 17.3 Å². The van der Waals surface area contributed by atoms with Crippen LogP contribution in [0, 0.1) is 0 Å². The Morgan fingerprint density at radius 2 is 1.82 bits per heavy atom. The van der Waals surface area contributed by atoms with E-state index in [1.807, 2.05) is 4.90 Å². The normalized spacial score (nSPS) is 18.4. The predicted octanol–water partition coefficient (Wildman–Crippen LogP) is 0.212. The van der Waals surface area contributed by atoms with Crippen LogP contribution in [0.4, 0.5) is 5.82 Å². The highest BCUT2D eigenvalue weighted by Crippen LogP contribution is 2.15. The third kappa shape index (κ3) is 3.05. The Morgan fingerprint density at radius 1 is 1.18 bits per heavy atom. The van der Waals surface area contributed by atoms with Crippen LogP contribution in [-0.4, -0.2) is 55.4 Å². The van der Waals surface area contributed by atoms with E-state index >= 15 is 0 Å². The van der Waals surface area contributed by atoms with Crippen LogP contribution in [0.15, 0.2) is 12.1 Å².